The number of terminal acetylenes is 1. The van der Waals surface area contributed by atoms with E-state index in [9.17, 15) is 29.4 Å². The van der Waals surface area contributed by atoms with Crippen LogP contribution in [-0.4, -0.2) is 82.0 Å². The maximum atomic E-state index is 14.1. The van der Waals surface area contributed by atoms with Gasteiger partial charge in [-0.25, -0.2) is 9.59 Å². The minimum absolute atomic E-state index is 0.0949. The van der Waals surface area contributed by atoms with Gasteiger partial charge in [-0.2, -0.15) is 0 Å². The molecule has 0 radical (unpaired) electrons. The lowest BCUT2D eigenvalue weighted by molar-refractivity contribution is -0.159. The molecule has 2 rings (SSSR count). The second-order valence-corrected chi connectivity index (χ2v) is 12.1. The average molecular weight is 610 g/mol. The number of rotatable bonds is 12. The van der Waals surface area contributed by atoms with E-state index < -0.39 is 66.4 Å². The Bertz CT molecular complexity index is 1310. The van der Waals surface area contributed by atoms with E-state index in [0.29, 0.717) is 11.1 Å². The van der Waals surface area contributed by atoms with Crippen molar-refractivity contribution in [3.8, 4) is 12.3 Å². The Morgan fingerprint density at radius 1 is 0.864 bits per heavy atom. The highest BCUT2D eigenvalue weighted by Crippen LogP contribution is 2.24. The fraction of sp³-hybridized carbons (Fsp3) is 0.455. The highest BCUT2D eigenvalue weighted by atomic mass is 16.6. The molecule has 0 saturated carbocycles. The molecule has 3 unspecified atom stereocenters. The van der Waals surface area contributed by atoms with Crippen LogP contribution in [0.5, 0.6) is 0 Å². The molecular formula is C33H43N3O8. The van der Waals surface area contributed by atoms with Crippen LogP contribution in [-0.2, 0) is 30.3 Å². The van der Waals surface area contributed by atoms with Gasteiger partial charge in [-0.1, -0.05) is 48.4 Å². The zero-order valence-electron chi connectivity index (χ0n) is 26.1. The largest absolute Gasteiger partial charge is 0.458 e. The fourth-order valence-corrected chi connectivity index (χ4v) is 4.21. The van der Waals surface area contributed by atoms with Crippen molar-refractivity contribution in [2.24, 2.45) is 0 Å². The number of nitrogens with one attached hydrogen (secondary N) is 2. The SMILES string of the molecule is C#Cc1ccc(C(C(=O)NC(Cc2ccccc2)C(=O)OC(C)(C)C)N(CCO)C(=O)C(CO)NC(=O)OC(C)(C)C)cc1. The third kappa shape index (κ3) is 11.4. The smallest absolute Gasteiger partial charge is 0.408 e. The summed E-state index contributed by atoms with van der Waals surface area (Å²) < 4.78 is 10.8. The van der Waals surface area contributed by atoms with Gasteiger partial charge in [-0.15, -0.1) is 6.42 Å². The first-order valence-corrected chi connectivity index (χ1v) is 14.2. The molecule has 2 aromatic rings. The number of alkyl carbamates (subject to hydrolysis) is 1. The lowest BCUT2D eigenvalue weighted by atomic mass is 10.00. The average Bonchev–Trinajstić information content (AvgIpc) is 2.94. The first-order chi connectivity index (χ1) is 20.6. The molecule has 44 heavy (non-hydrogen) atoms. The molecule has 4 N–H and O–H groups in total. The van der Waals surface area contributed by atoms with Crippen molar-refractivity contribution in [1.82, 2.24) is 15.5 Å². The van der Waals surface area contributed by atoms with Crippen molar-refractivity contribution in [2.75, 3.05) is 19.8 Å². The number of benzene rings is 2. The molecule has 3 atom stereocenters. The number of hydrogen-bond acceptors (Lipinski definition) is 8. The maximum absolute atomic E-state index is 14.1. The second kappa shape index (κ2) is 15.9. The Labute approximate surface area is 258 Å². The second-order valence-electron chi connectivity index (χ2n) is 12.1. The number of nitrogens with zero attached hydrogens (tertiary/aromatic N) is 1. The summed E-state index contributed by atoms with van der Waals surface area (Å²) in [5.41, 5.74) is -0.150. The molecule has 0 aliphatic carbocycles. The number of ether oxygens (including phenoxy) is 2. The highest BCUT2D eigenvalue weighted by molar-refractivity contribution is 5.94. The summed E-state index contributed by atoms with van der Waals surface area (Å²) in [6.07, 6.45) is 4.64. The third-order valence-corrected chi connectivity index (χ3v) is 6.04. The van der Waals surface area contributed by atoms with Crippen LogP contribution in [0.4, 0.5) is 4.79 Å². The summed E-state index contributed by atoms with van der Waals surface area (Å²) >= 11 is 0. The molecule has 0 fully saturated rings. The topological polar surface area (TPSA) is 154 Å². The number of carbonyl (C=O) groups is 4. The van der Waals surface area contributed by atoms with Crippen LogP contribution in [0.2, 0.25) is 0 Å². The number of aliphatic hydroxyl groups excluding tert-OH is 2. The zero-order valence-corrected chi connectivity index (χ0v) is 26.1. The number of aliphatic hydroxyl groups is 2. The van der Waals surface area contributed by atoms with E-state index in [1.165, 1.54) is 0 Å². The van der Waals surface area contributed by atoms with Crippen molar-refractivity contribution < 1.29 is 38.9 Å². The van der Waals surface area contributed by atoms with Crippen molar-refractivity contribution in [3.63, 3.8) is 0 Å². The van der Waals surface area contributed by atoms with Gasteiger partial charge in [-0.05, 0) is 64.8 Å². The van der Waals surface area contributed by atoms with E-state index in [2.05, 4.69) is 16.6 Å². The minimum Gasteiger partial charge on any atom is -0.458 e. The Morgan fingerprint density at radius 2 is 1.45 bits per heavy atom. The normalized spacial score (nSPS) is 13.4. The van der Waals surface area contributed by atoms with Gasteiger partial charge in [0.1, 0.15) is 29.3 Å². The van der Waals surface area contributed by atoms with Crippen LogP contribution in [0.25, 0.3) is 0 Å². The molecule has 2 aromatic carbocycles. The van der Waals surface area contributed by atoms with Gasteiger partial charge in [0.05, 0.1) is 13.2 Å². The van der Waals surface area contributed by atoms with Crippen LogP contribution in [0.3, 0.4) is 0 Å². The first-order valence-electron chi connectivity index (χ1n) is 14.2. The predicted molar refractivity (Wildman–Crippen MR) is 164 cm³/mol. The maximum Gasteiger partial charge on any atom is 0.408 e. The van der Waals surface area contributed by atoms with E-state index >= 15 is 0 Å². The van der Waals surface area contributed by atoms with Gasteiger partial charge in [0, 0.05) is 18.5 Å². The van der Waals surface area contributed by atoms with Crippen LogP contribution in [0.15, 0.2) is 54.6 Å². The molecule has 11 heteroatoms. The number of esters is 1. The van der Waals surface area contributed by atoms with Crippen LogP contribution in [0.1, 0.15) is 64.3 Å². The molecule has 0 aliphatic rings. The van der Waals surface area contributed by atoms with Crippen molar-refractivity contribution >= 4 is 23.9 Å². The lowest BCUT2D eigenvalue weighted by Gasteiger charge is -2.34. The summed E-state index contributed by atoms with van der Waals surface area (Å²) in [4.78, 5) is 54.6. The quantitative estimate of drug-likeness (QED) is 0.211. The molecular weight excluding hydrogens is 566 g/mol. The van der Waals surface area contributed by atoms with E-state index in [1.54, 1.807) is 90.1 Å². The molecule has 0 aromatic heterocycles. The summed E-state index contributed by atoms with van der Waals surface area (Å²) in [6.45, 7) is 8.30. The summed E-state index contributed by atoms with van der Waals surface area (Å²) in [7, 11) is 0. The minimum atomic E-state index is -1.51. The Kier molecular flexibility index (Phi) is 12.9. The number of amides is 3. The monoisotopic (exact) mass is 609 g/mol. The first kappa shape index (κ1) is 35.8. The fourth-order valence-electron chi connectivity index (χ4n) is 4.21. The van der Waals surface area contributed by atoms with E-state index in [-0.39, 0.29) is 13.0 Å². The third-order valence-electron chi connectivity index (χ3n) is 6.04. The standard InChI is InChI=1S/C33H43N3O8/c1-8-22-14-16-24(17-15-22)27(36(18-19-37)29(40)26(21-38)35-31(42)44-33(5,6)7)28(39)34-25(30(41)43-32(2,3)4)20-23-12-10-9-11-13-23/h1,9-17,25-27,37-38H,18-21H2,2-7H3,(H,34,39)(H,35,42). The van der Waals surface area contributed by atoms with Crippen LogP contribution < -0.4 is 10.6 Å². The Balaban J connectivity index is 2.54. The molecule has 11 nitrogen and oxygen atoms in total. The molecule has 0 aliphatic heterocycles. The lowest BCUT2D eigenvalue weighted by Crippen LogP contribution is -2.56. The van der Waals surface area contributed by atoms with Crippen molar-refractivity contribution in [2.45, 2.75) is 77.3 Å². The summed E-state index contributed by atoms with van der Waals surface area (Å²) in [5.74, 6) is 0.169. The van der Waals surface area contributed by atoms with E-state index in [1.807, 2.05) is 6.07 Å². The molecule has 0 heterocycles. The Hall–Kier alpha value is -4.40. The van der Waals surface area contributed by atoms with E-state index in [4.69, 9.17) is 15.9 Å². The molecule has 238 valence electrons. The van der Waals surface area contributed by atoms with Gasteiger partial charge in [0.15, 0.2) is 0 Å². The van der Waals surface area contributed by atoms with Gasteiger partial charge in [0.25, 0.3) is 0 Å². The van der Waals surface area contributed by atoms with Gasteiger partial charge >= 0.3 is 12.1 Å². The molecule has 0 bridgehead atoms. The number of carbonyl (C=O) groups excluding carboxylic acids is 4. The van der Waals surface area contributed by atoms with E-state index in [0.717, 1.165) is 10.5 Å². The van der Waals surface area contributed by atoms with Gasteiger partial charge < -0.3 is 35.2 Å². The van der Waals surface area contributed by atoms with Gasteiger partial charge in [-0.3, -0.25) is 9.59 Å². The number of hydrogen-bond donors (Lipinski definition) is 4. The molecule has 3 amide bonds. The van der Waals surface area contributed by atoms with Crippen LogP contribution >= 0.6 is 0 Å². The molecule has 0 spiro atoms. The zero-order chi connectivity index (χ0) is 33.1. The Morgan fingerprint density at radius 3 is 1.95 bits per heavy atom. The van der Waals surface area contributed by atoms with Gasteiger partial charge in [0.2, 0.25) is 11.8 Å². The predicted octanol–water partition coefficient (Wildman–Crippen LogP) is 2.48. The summed E-state index contributed by atoms with van der Waals surface area (Å²) in [5, 5.41) is 25.0. The molecule has 0 saturated heterocycles. The van der Waals surface area contributed by atoms with Crippen molar-refractivity contribution in [1.29, 1.82) is 0 Å². The summed E-state index contributed by atoms with van der Waals surface area (Å²) in [6, 6.07) is 11.2. The highest BCUT2D eigenvalue weighted by Gasteiger charge is 2.38. The van der Waals surface area contributed by atoms with Crippen molar-refractivity contribution in [3.05, 3.63) is 71.3 Å². The van der Waals surface area contributed by atoms with Crippen LogP contribution in [0, 0.1) is 12.3 Å².